The number of hydrogen-bond donors (Lipinski definition) is 4. The van der Waals surface area contributed by atoms with Crippen LogP contribution in [0.2, 0.25) is 0 Å². The van der Waals surface area contributed by atoms with Gasteiger partial charge in [0.15, 0.2) is 0 Å². The first-order valence-electron chi connectivity index (χ1n) is 6.72. The molecule has 7 nitrogen and oxygen atoms in total. The summed E-state index contributed by atoms with van der Waals surface area (Å²) in [6, 6.07) is 1.91. The van der Waals surface area contributed by atoms with Crippen molar-refractivity contribution in [1.29, 1.82) is 0 Å². The van der Waals surface area contributed by atoms with Gasteiger partial charge in [0.1, 0.15) is 17.0 Å². The van der Waals surface area contributed by atoms with Crippen LogP contribution in [0.25, 0.3) is 22.1 Å². The van der Waals surface area contributed by atoms with Crippen LogP contribution in [0.5, 0.6) is 0 Å². The lowest BCUT2D eigenvalue weighted by molar-refractivity contribution is -0.121. The molecule has 21 heavy (non-hydrogen) atoms. The second-order valence-electron chi connectivity index (χ2n) is 5.71. The van der Waals surface area contributed by atoms with Gasteiger partial charge < -0.3 is 20.4 Å². The van der Waals surface area contributed by atoms with Crippen molar-refractivity contribution in [3.05, 3.63) is 24.3 Å². The molecule has 0 aliphatic carbocycles. The van der Waals surface area contributed by atoms with E-state index in [1.165, 1.54) is 0 Å². The van der Waals surface area contributed by atoms with Crippen LogP contribution in [-0.4, -0.2) is 43.1 Å². The number of nitrogens with zero attached hydrogens (tertiary/aromatic N) is 2. The Hall–Kier alpha value is -2.41. The molecule has 3 heterocycles. The van der Waals surface area contributed by atoms with Gasteiger partial charge in [-0.05, 0) is 19.9 Å². The Bertz CT molecular complexity index is 797. The minimum Gasteiger partial charge on any atom is -0.389 e. The maximum Gasteiger partial charge on any atom is 0.227 e. The summed E-state index contributed by atoms with van der Waals surface area (Å²) in [7, 11) is 0. The quantitative estimate of drug-likeness (QED) is 0.571. The van der Waals surface area contributed by atoms with Crippen molar-refractivity contribution >= 4 is 28.0 Å². The standard InChI is InChI=1S/C14H17N5O2/c1-14(2,21)7-17-11(20)5-10-18-9-6-16-13-8(3-4-15-13)12(9)19-10/h3-4,6,21H,5,7H2,1-2H3,(H,15,16)(H,17,20)(H,18,19). The largest absolute Gasteiger partial charge is 0.389 e. The summed E-state index contributed by atoms with van der Waals surface area (Å²) in [6.07, 6.45) is 3.64. The van der Waals surface area contributed by atoms with Gasteiger partial charge in [0.25, 0.3) is 0 Å². The normalized spacial score (nSPS) is 12.1. The van der Waals surface area contributed by atoms with Crippen molar-refractivity contribution in [2.24, 2.45) is 0 Å². The third kappa shape index (κ3) is 2.87. The SMILES string of the molecule is CC(C)(O)CNC(=O)Cc1nc2c(cnc3[nH]ccc32)[nH]1. The van der Waals surface area contributed by atoms with Gasteiger partial charge in [-0.3, -0.25) is 4.79 Å². The fourth-order valence-corrected chi connectivity index (χ4v) is 2.14. The summed E-state index contributed by atoms with van der Waals surface area (Å²) in [6.45, 7) is 3.49. The van der Waals surface area contributed by atoms with Crippen LogP contribution in [0.3, 0.4) is 0 Å². The van der Waals surface area contributed by atoms with E-state index < -0.39 is 5.60 Å². The van der Waals surface area contributed by atoms with Gasteiger partial charge >= 0.3 is 0 Å². The molecule has 3 aromatic heterocycles. The average Bonchev–Trinajstić information content (AvgIpc) is 2.99. The summed E-state index contributed by atoms with van der Waals surface area (Å²) in [5, 5.41) is 13.2. The van der Waals surface area contributed by atoms with Crippen LogP contribution in [-0.2, 0) is 11.2 Å². The van der Waals surface area contributed by atoms with Gasteiger partial charge in [-0.2, -0.15) is 0 Å². The van der Waals surface area contributed by atoms with E-state index >= 15 is 0 Å². The molecule has 3 rings (SSSR count). The number of nitrogens with one attached hydrogen (secondary N) is 3. The summed E-state index contributed by atoms with van der Waals surface area (Å²) < 4.78 is 0. The van der Waals surface area contributed by atoms with Gasteiger partial charge in [0.05, 0.1) is 23.7 Å². The van der Waals surface area contributed by atoms with Crippen LogP contribution >= 0.6 is 0 Å². The molecule has 0 radical (unpaired) electrons. The summed E-state index contributed by atoms with van der Waals surface area (Å²) in [5.74, 6) is 0.392. The van der Waals surface area contributed by atoms with Gasteiger partial charge in [-0.15, -0.1) is 0 Å². The number of aromatic amines is 2. The van der Waals surface area contributed by atoms with Crippen LogP contribution in [0.15, 0.2) is 18.5 Å². The van der Waals surface area contributed by atoms with E-state index in [0.29, 0.717) is 5.82 Å². The Morgan fingerprint density at radius 1 is 1.48 bits per heavy atom. The molecule has 3 aromatic rings. The molecule has 0 saturated heterocycles. The van der Waals surface area contributed by atoms with Gasteiger partial charge in [-0.25, -0.2) is 9.97 Å². The summed E-state index contributed by atoms with van der Waals surface area (Å²) >= 11 is 0. The highest BCUT2D eigenvalue weighted by atomic mass is 16.3. The molecule has 0 saturated carbocycles. The Labute approximate surface area is 120 Å². The van der Waals surface area contributed by atoms with Gasteiger partial charge in [-0.1, -0.05) is 0 Å². The van der Waals surface area contributed by atoms with Crippen molar-refractivity contribution in [2.45, 2.75) is 25.9 Å². The highest BCUT2D eigenvalue weighted by Crippen LogP contribution is 2.20. The molecule has 0 aliphatic heterocycles. The topological polar surface area (TPSA) is 107 Å². The lowest BCUT2D eigenvalue weighted by Gasteiger charge is -2.17. The summed E-state index contributed by atoms with van der Waals surface area (Å²) in [4.78, 5) is 26.7. The molecule has 0 spiro atoms. The minimum absolute atomic E-state index is 0.136. The van der Waals surface area contributed by atoms with Crippen LogP contribution < -0.4 is 5.32 Å². The molecule has 0 aromatic carbocycles. The number of rotatable bonds is 4. The van der Waals surface area contributed by atoms with Crippen LogP contribution in [0.1, 0.15) is 19.7 Å². The predicted octanol–water partition coefficient (Wildman–Crippen LogP) is 0.869. The number of carbonyl (C=O) groups is 1. The first-order chi connectivity index (χ1) is 9.92. The van der Waals surface area contributed by atoms with Crippen molar-refractivity contribution in [3.63, 3.8) is 0 Å². The molecular formula is C14H17N5O2. The second-order valence-corrected chi connectivity index (χ2v) is 5.71. The highest BCUT2D eigenvalue weighted by Gasteiger charge is 2.15. The van der Waals surface area contributed by atoms with E-state index in [-0.39, 0.29) is 18.9 Å². The van der Waals surface area contributed by atoms with Crippen molar-refractivity contribution < 1.29 is 9.90 Å². The molecule has 4 N–H and O–H groups in total. The minimum atomic E-state index is -0.926. The van der Waals surface area contributed by atoms with E-state index in [9.17, 15) is 9.90 Å². The maximum atomic E-state index is 11.8. The molecule has 0 bridgehead atoms. The molecule has 110 valence electrons. The van der Waals surface area contributed by atoms with Crippen molar-refractivity contribution in [1.82, 2.24) is 25.3 Å². The zero-order valence-corrected chi connectivity index (χ0v) is 11.9. The summed E-state index contributed by atoms with van der Waals surface area (Å²) in [5.41, 5.74) is 1.44. The Morgan fingerprint density at radius 3 is 3.05 bits per heavy atom. The molecule has 0 atom stereocenters. The maximum absolute atomic E-state index is 11.8. The zero-order chi connectivity index (χ0) is 15.0. The highest BCUT2D eigenvalue weighted by molar-refractivity contribution is 6.00. The number of fused-ring (bicyclic) bond motifs is 3. The second kappa shape index (κ2) is 4.85. The lowest BCUT2D eigenvalue weighted by Crippen LogP contribution is -2.38. The predicted molar refractivity (Wildman–Crippen MR) is 78.8 cm³/mol. The van der Waals surface area contributed by atoms with Crippen molar-refractivity contribution in [3.8, 4) is 0 Å². The number of hydrogen-bond acceptors (Lipinski definition) is 4. The third-order valence-corrected chi connectivity index (χ3v) is 3.13. The molecular weight excluding hydrogens is 270 g/mol. The zero-order valence-electron chi connectivity index (χ0n) is 11.9. The lowest BCUT2D eigenvalue weighted by atomic mass is 10.1. The fraction of sp³-hybridized carbons (Fsp3) is 0.357. The Morgan fingerprint density at radius 2 is 2.29 bits per heavy atom. The van der Waals surface area contributed by atoms with E-state index in [0.717, 1.165) is 22.1 Å². The number of imidazole rings is 1. The number of aliphatic hydroxyl groups is 1. The van der Waals surface area contributed by atoms with E-state index in [1.54, 1.807) is 20.0 Å². The average molecular weight is 287 g/mol. The molecule has 1 amide bonds. The monoisotopic (exact) mass is 287 g/mol. The number of aromatic nitrogens is 4. The Kier molecular flexibility index (Phi) is 3.13. The van der Waals surface area contributed by atoms with Crippen molar-refractivity contribution in [2.75, 3.05) is 6.54 Å². The smallest absolute Gasteiger partial charge is 0.227 e. The number of pyridine rings is 1. The molecule has 0 fully saturated rings. The van der Waals surface area contributed by atoms with Gasteiger partial charge in [0, 0.05) is 18.1 Å². The van der Waals surface area contributed by atoms with E-state index in [4.69, 9.17) is 0 Å². The Balaban J connectivity index is 1.80. The van der Waals surface area contributed by atoms with Crippen LogP contribution in [0.4, 0.5) is 0 Å². The first kappa shape index (κ1) is 13.6. The fourth-order valence-electron chi connectivity index (χ4n) is 2.14. The molecule has 0 aliphatic rings. The molecule has 0 unspecified atom stereocenters. The first-order valence-corrected chi connectivity index (χ1v) is 6.72. The number of H-pyrrole nitrogens is 2. The van der Waals surface area contributed by atoms with E-state index in [1.807, 2.05) is 12.3 Å². The molecule has 7 heteroatoms. The number of amides is 1. The van der Waals surface area contributed by atoms with Crippen LogP contribution in [0, 0.1) is 0 Å². The number of carbonyl (C=O) groups excluding carboxylic acids is 1. The van der Waals surface area contributed by atoms with E-state index in [2.05, 4.69) is 25.3 Å². The third-order valence-electron chi connectivity index (χ3n) is 3.13. The van der Waals surface area contributed by atoms with Gasteiger partial charge in [0.2, 0.25) is 5.91 Å².